The molecule has 0 aliphatic carbocycles. The molecule has 1 atom stereocenters. The summed E-state index contributed by atoms with van der Waals surface area (Å²) in [6, 6.07) is 21.8. The first-order chi connectivity index (χ1) is 14.8. The monoisotopic (exact) mass is 502 g/mol. The quantitative estimate of drug-likeness (QED) is 0.477. The number of rotatable bonds is 8. The van der Waals surface area contributed by atoms with Crippen LogP contribution in [-0.2, 0) is 14.8 Å². The van der Waals surface area contributed by atoms with E-state index < -0.39 is 16.1 Å². The summed E-state index contributed by atoms with van der Waals surface area (Å²) >= 11 is 3.41. The molecule has 0 aromatic heterocycles. The van der Waals surface area contributed by atoms with Crippen molar-refractivity contribution in [1.29, 1.82) is 0 Å². The SMILES string of the molecule is COc1ccc([C@H](CC(=O)Nc2ccccc2Br)N(C)S(=O)(=O)c2ccccc2)cc1. The number of amides is 1. The molecule has 1 amide bonds. The van der Waals surface area contributed by atoms with E-state index in [1.54, 1.807) is 55.6 Å². The van der Waals surface area contributed by atoms with Crippen LogP contribution >= 0.6 is 15.9 Å². The summed E-state index contributed by atoms with van der Waals surface area (Å²) in [5.74, 6) is 0.344. The first-order valence-corrected chi connectivity index (χ1v) is 11.8. The minimum absolute atomic E-state index is 0.0593. The molecule has 6 nitrogen and oxygen atoms in total. The summed E-state index contributed by atoms with van der Waals surface area (Å²) in [5.41, 5.74) is 1.31. The van der Waals surface area contributed by atoms with Crippen molar-refractivity contribution >= 4 is 37.5 Å². The zero-order valence-corrected chi connectivity index (χ0v) is 19.6. The summed E-state index contributed by atoms with van der Waals surface area (Å²) in [4.78, 5) is 13.0. The number of carbonyl (C=O) groups excluding carboxylic acids is 1. The summed E-state index contributed by atoms with van der Waals surface area (Å²) in [6.07, 6.45) is -0.0593. The Morgan fingerprint density at radius 3 is 2.23 bits per heavy atom. The van der Waals surface area contributed by atoms with Crippen molar-refractivity contribution in [3.8, 4) is 5.75 Å². The van der Waals surface area contributed by atoms with Gasteiger partial charge in [-0.3, -0.25) is 4.79 Å². The number of hydrogen-bond donors (Lipinski definition) is 1. The molecule has 1 N–H and O–H groups in total. The van der Waals surface area contributed by atoms with Gasteiger partial charge in [-0.15, -0.1) is 0 Å². The average molecular weight is 503 g/mol. The fourth-order valence-corrected chi connectivity index (χ4v) is 4.90. The highest BCUT2D eigenvalue weighted by molar-refractivity contribution is 9.10. The zero-order chi connectivity index (χ0) is 22.4. The Hall–Kier alpha value is -2.68. The number of sulfonamides is 1. The van der Waals surface area contributed by atoms with Gasteiger partial charge in [-0.05, 0) is 57.9 Å². The fraction of sp³-hybridized carbons (Fsp3) is 0.174. The molecule has 3 aromatic rings. The van der Waals surface area contributed by atoms with Crippen molar-refractivity contribution in [2.45, 2.75) is 17.4 Å². The molecule has 31 heavy (non-hydrogen) atoms. The minimum atomic E-state index is -3.82. The highest BCUT2D eigenvalue weighted by Crippen LogP contribution is 2.31. The number of hydrogen-bond acceptors (Lipinski definition) is 4. The zero-order valence-electron chi connectivity index (χ0n) is 17.2. The maximum absolute atomic E-state index is 13.2. The maximum atomic E-state index is 13.2. The molecular formula is C23H23BrN2O4S. The Morgan fingerprint density at radius 2 is 1.61 bits per heavy atom. The largest absolute Gasteiger partial charge is 0.497 e. The van der Waals surface area contributed by atoms with E-state index in [9.17, 15) is 13.2 Å². The van der Waals surface area contributed by atoms with Gasteiger partial charge in [0.25, 0.3) is 0 Å². The van der Waals surface area contributed by atoms with Crippen molar-refractivity contribution < 1.29 is 17.9 Å². The van der Waals surface area contributed by atoms with Crippen molar-refractivity contribution in [3.05, 3.63) is 88.9 Å². The number of nitrogens with zero attached hydrogens (tertiary/aromatic N) is 1. The van der Waals surface area contributed by atoms with E-state index in [1.807, 2.05) is 18.2 Å². The fourth-order valence-electron chi connectivity index (χ4n) is 3.15. The number of carbonyl (C=O) groups is 1. The second kappa shape index (κ2) is 10.1. The topological polar surface area (TPSA) is 75.7 Å². The van der Waals surface area contributed by atoms with E-state index in [2.05, 4.69) is 21.2 Å². The third kappa shape index (κ3) is 5.52. The van der Waals surface area contributed by atoms with Crippen LogP contribution in [0.2, 0.25) is 0 Å². The molecule has 3 aromatic carbocycles. The van der Waals surface area contributed by atoms with E-state index in [0.29, 0.717) is 17.0 Å². The van der Waals surface area contributed by atoms with Crippen molar-refractivity contribution in [1.82, 2.24) is 4.31 Å². The molecular weight excluding hydrogens is 480 g/mol. The molecule has 0 unspecified atom stereocenters. The predicted molar refractivity (Wildman–Crippen MR) is 125 cm³/mol. The summed E-state index contributed by atoms with van der Waals surface area (Å²) < 4.78 is 33.6. The summed E-state index contributed by atoms with van der Waals surface area (Å²) in [7, 11) is -0.768. The van der Waals surface area contributed by atoms with Gasteiger partial charge >= 0.3 is 0 Å². The molecule has 0 aliphatic rings. The Balaban J connectivity index is 1.92. The molecule has 0 aliphatic heterocycles. The van der Waals surface area contributed by atoms with Gasteiger partial charge in [0.05, 0.1) is 23.7 Å². The first-order valence-electron chi connectivity index (χ1n) is 9.54. The second-order valence-electron chi connectivity index (χ2n) is 6.86. The Morgan fingerprint density at radius 1 is 1.00 bits per heavy atom. The summed E-state index contributed by atoms with van der Waals surface area (Å²) in [6.45, 7) is 0. The number of benzene rings is 3. The van der Waals surface area contributed by atoms with Gasteiger partial charge in [-0.25, -0.2) is 8.42 Å². The third-order valence-electron chi connectivity index (χ3n) is 4.89. The van der Waals surface area contributed by atoms with Crippen molar-refractivity contribution in [3.63, 3.8) is 0 Å². The number of halogens is 1. The van der Waals surface area contributed by atoms with E-state index in [1.165, 1.54) is 23.5 Å². The lowest BCUT2D eigenvalue weighted by Gasteiger charge is -2.28. The van der Waals surface area contributed by atoms with Crippen LogP contribution in [0.25, 0.3) is 0 Å². The first kappa shape index (κ1) is 23.0. The molecule has 0 fully saturated rings. The number of methoxy groups -OCH3 is 1. The molecule has 0 saturated heterocycles. The van der Waals surface area contributed by atoms with Crippen LogP contribution in [0.3, 0.4) is 0 Å². The molecule has 0 saturated carbocycles. The van der Waals surface area contributed by atoms with E-state index in [-0.39, 0.29) is 17.2 Å². The Bertz CT molecular complexity index is 1140. The lowest BCUT2D eigenvalue weighted by Crippen LogP contribution is -2.33. The average Bonchev–Trinajstić information content (AvgIpc) is 2.79. The predicted octanol–water partition coefficient (Wildman–Crippen LogP) is 4.85. The van der Waals surface area contributed by atoms with Gasteiger partial charge in [0.15, 0.2) is 0 Å². The van der Waals surface area contributed by atoms with Crippen molar-refractivity contribution in [2.24, 2.45) is 0 Å². The van der Waals surface area contributed by atoms with Crippen molar-refractivity contribution in [2.75, 3.05) is 19.5 Å². The summed E-state index contributed by atoms with van der Waals surface area (Å²) in [5, 5.41) is 2.85. The molecule has 0 spiro atoms. The van der Waals surface area contributed by atoms with Gasteiger partial charge in [-0.1, -0.05) is 42.5 Å². The second-order valence-corrected chi connectivity index (χ2v) is 9.71. The van der Waals surface area contributed by atoms with Crippen LogP contribution in [0.15, 0.2) is 88.2 Å². The normalized spacial score (nSPS) is 12.4. The van der Waals surface area contributed by atoms with Gasteiger partial charge in [0.1, 0.15) is 5.75 Å². The lowest BCUT2D eigenvalue weighted by molar-refractivity contribution is -0.117. The molecule has 3 rings (SSSR count). The molecule has 162 valence electrons. The van der Waals surface area contributed by atoms with E-state index >= 15 is 0 Å². The lowest BCUT2D eigenvalue weighted by atomic mass is 10.0. The van der Waals surface area contributed by atoms with Crippen LogP contribution in [0.4, 0.5) is 5.69 Å². The third-order valence-corrected chi connectivity index (χ3v) is 7.46. The van der Waals surface area contributed by atoms with Crippen LogP contribution in [-0.4, -0.2) is 32.8 Å². The molecule has 0 radical (unpaired) electrons. The van der Waals surface area contributed by atoms with Crippen LogP contribution in [0, 0.1) is 0 Å². The molecule has 0 heterocycles. The Kier molecular flexibility index (Phi) is 7.48. The standard InChI is InChI=1S/C23H23BrN2O4S/c1-26(31(28,29)19-8-4-3-5-9-19)22(17-12-14-18(30-2)15-13-17)16-23(27)25-21-11-7-6-10-20(21)24/h3-15,22H,16H2,1-2H3,(H,25,27)/t22-/m0/s1. The number of nitrogens with one attached hydrogen (secondary N) is 1. The Labute approximate surface area is 191 Å². The molecule has 0 bridgehead atoms. The van der Waals surface area contributed by atoms with E-state index in [4.69, 9.17) is 4.74 Å². The van der Waals surface area contributed by atoms with Crippen LogP contribution < -0.4 is 10.1 Å². The van der Waals surface area contributed by atoms with Crippen LogP contribution in [0.1, 0.15) is 18.0 Å². The van der Waals surface area contributed by atoms with Gasteiger partial charge in [0, 0.05) is 17.9 Å². The molecule has 8 heteroatoms. The number of ether oxygens (including phenoxy) is 1. The van der Waals surface area contributed by atoms with E-state index in [0.717, 1.165) is 4.47 Å². The maximum Gasteiger partial charge on any atom is 0.243 e. The van der Waals surface area contributed by atoms with Gasteiger partial charge in [0.2, 0.25) is 15.9 Å². The van der Waals surface area contributed by atoms with Gasteiger partial charge < -0.3 is 10.1 Å². The van der Waals surface area contributed by atoms with Gasteiger partial charge in [-0.2, -0.15) is 4.31 Å². The smallest absolute Gasteiger partial charge is 0.243 e. The number of anilines is 1. The highest BCUT2D eigenvalue weighted by Gasteiger charge is 2.31. The minimum Gasteiger partial charge on any atom is -0.497 e. The highest BCUT2D eigenvalue weighted by atomic mass is 79.9. The number of para-hydroxylation sites is 1. The van der Waals surface area contributed by atoms with Crippen LogP contribution in [0.5, 0.6) is 5.75 Å².